The average Bonchev–Trinajstić information content (AvgIpc) is 2.28. The van der Waals surface area contributed by atoms with Gasteiger partial charge in [-0.3, -0.25) is 4.99 Å². The summed E-state index contributed by atoms with van der Waals surface area (Å²) in [5.74, 6) is 0. The fourth-order valence-electron chi connectivity index (χ4n) is 1.28. The SMILES string of the molecule is CCC1=CC(C)(CC)N=CC=C1. The van der Waals surface area contributed by atoms with Crippen molar-refractivity contribution in [3.63, 3.8) is 0 Å². The minimum absolute atomic E-state index is 0.0227. The molecular formula is C11H17N. The first-order valence-corrected chi connectivity index (χ1v) is 4.64. The molecule has 0 amide bonds. The highest BCUT2D eigenvalue weighted by atomic mass is 14.8. The maximum atomic E-state index is 4.48. The molecule has 0 aromatic carbocycles. The van der Waals surface area contributed by atoms with Crippen LogP contribution in [0.3, 0.4) is 0 Å². The fourth-order valence-corrected chi connectivity index (χ4v) is 1.28. The lowest BCUT2D eigenvalue weighted by molar-refractivity contribution is 0.567. The first kappa shape index (κ1) is 9.24. The second-order valence-corrected chi connectivity index (χ2v) is 3.42. The third-order valence-electron chi connectivity index (χ3n) is 2.39. The van der Waals surface area contributed by atoms with E-state index in [1.54, 1.807) is 0 Å². The zero-order chi connectivity index (χ0) is 9.03. The van der Waals surface area contributed by atoms with E-state index in [-0.39, 0.29) is 5.54 Å². The standard InChI is InChI=1S/C11H17N/c1-4-10-7-6-8-12-11(3,5-2)9-10/h6-9H,4-5H2,1-3H3. The molecule has 0 aliphatic carbocycles. The number of hydrogen-bond acceptors (Lipinski definition) is 1. The molecule has 1 nitrogen and oxygen atoms in total. The Kier molecular flexibility index (Phi) is 2.85. The smallest absolute Gasteiger partial charge is 0.0762 e. The van der Waals surface area contributed by atoms with Gasteiger partial charge in [0.25, 0.3) is 0 Å². The molecule has 0 spiro atoms. The molecule has 1 heterocycles. The Bertz CT molecular complexity index is 235. The summed E-state index contributed by atoms with van der Waals surface area (Å²) in [6, 6.07) is 0. The lowest BCUT2D eigenvalue weighted by Crippen LogP contribution is -2.17. The molecule has 1 aliphatic heterocycles. The molecule has 0 aromatic rings. The van der Waals surface area contributed by atoms with Gasteiger partial charge in [-0.15, -0.1) is 0 Å². The Labute approximate surface area is 74.9 Å². The van der Waals surface area contributed by atoms with Gasteiger partial charge in [0.15, 0.2) is 0 Å². The van der Waals surface area contributed by atoms with Gasteiger partial charge >= 0.3 is 0 Å². The van der Waals surface area contributed by atoms with Crippen molar-refractivity contribution in [3.8, 4) is 0 Å². The molecule has 1 heteroatoms. The van der Waals surface area contributed by atoms with Gasteiger partial charge in [0.05, 0.1) is 5.54 Å². The van der Waals surface area contributed by atoms with Gasteiger partial charge in [-0.1, -0.05) is 26.0 Å². The Morgan fingerprint density at radius 3 is 2.75 bits per heavy atom. The summed E-state index contributed by atoms with van der Waals surface area (Å²) >= 11 is 0. The molecule has 0 bridgehead atoms. The molecule has 12 heavy (non-hydrogen) atoms. The molecule has 0 N–H and O–H groups in total. The van der Waals surface area contributed by atoms with Crippen LogP contribution in [0.15, 0.2) is 28.8 Å². The van der Waals surface area contributed by atoms with Gasteiger partial charge in [0.2, 0.25) is 0 Å². The number of aliphatic imine (C=N–C) groups is 1. The lowest BCUT2D eigenvalue weighted by atomic mass is 9.96. The van der Waals surface area contributed by atoms with Gasteiger partial charge in [0.1, 0.15) is 0 Å². The van der Waals surface area contributed by atoms with E-state index in [0.29, 0.717) is 0 Å². The molecule has 66 valence electrons. The van der Waals surface area contributed by atoms with Crippen LogP contribution in [-0.4, -0.2) is 11.8 Å². The number of nitrogens with zero attached hydrogens (tertiary/aromatic N) is 1. The Balaban J connectivity index is 2.92. The number of rotatable bonds is 2. The molecule has 0 radical (unpaired) electrons. The molecule has 1 atom stereocenters. The summed E-state index contributed by atoms with van der Waals surface area (Å²) in [4.78, 5) is 4.48. The van der Waals surface area contributed by atoms with Crippen molar-refractivity contribution >= 4 is 6.21 Å². The van der Waals surface area contributed by atoms with Crippen molar-refractivity contribution in [1.29, 1.82) is 0 Å². The van der Waals surface area contributed by atoms with Crippen LogP contribution in [0.2, 0.25) is 0 Å². The van der Waals surface area contributed by atoms with Gasteiger partial charge in [-0.25, -0.2) is 0 Å². The average molecular weight is 163 g/mol. The predicted molar refractivity (Wildman–Crippen MR) is 54.7 cm³/mol. The van der Waals surface area contributed by atoms with E-state index < -0.39 is 0 Å². The maximum Gasteiger partial charge on any atom is 0.0762 e. The van der Waals surface area contributed by atoms with Gasteiger partial charge in [-0.2, -0.15) is 0 Å². The summed E-state index contributed by atoms with van der Waals surface area (Å²) in [7, 11) is 0. The molecular weight excluding hydrogens is 146 g/mol. The van der Waals surface area contributed by atoms with E-state index in [2.05, 4.69) is 37.9 Å². The summed E-state index contributed by atoms with van der Waals surface area (Å²) in [6.45, 7) is 6.52. The molecule has 0 aromatic heterocycles. The Hall–Kier alpha value is -0.850. The van der Waals surface area contributed by atoms with E-state index in [9.17, 15) is 0 Å². The molecule has 0 saturated carbocycles. The van der Waals surface area contributed by atoms with Gasteiger partial charge in [-0.05, 0) is 31.4 Å². The van der Waals surface area contributed by atoms with Crippen LogP contribution < -0.4 is 0 Å². The zero-order valence-corrected chi connectivity index (χ0v) is 8.17. The number of allylic oxidation sites excluding steroid dienone is 3. The Morgan fingerprint density at radius 1 is 1.42 bits per heavy atom. The van der Waals surface area contributed by atoms with Crippen LogP contribution in [0.5, 0.6) is 0 Å². The molecule has 0 fully saturated rings. The minimum atomic E-state index is 0.0227. The Morgan fingerprint density at radius 2 is 2.17 bits per heavy atom. The molecule has 0 saturated heterocycles. The molecule has 1 unspecified atom stereocenters. The van der Waals surface area contributed by atoms with E-state index >= 15 is 0 Å². The monoisotopic (exact) mass is 163 g/mol. The number of hydrogen-bond donors (Lipinski definition) is 0. The van der Waals surface area contributed by atoms with E-state index in [1.807, 2.05) is 12.3 Å². The third-order valence-corrected chi connectivity index (χ3v) is 2.39. The van der Waals surface area contributed by atoms with Crippen LogP contribution in [0.25, 0.3) is 0 Å². The van der Waals surface area contributed by atoms with Crippen molar-refractivity contribution in [1.82, 2.24) is 0 Å². The van der Waals surface area contributed by atoms with Crippen molar-refractivity contribution in [2.75, 3.05) is 0 Å². The van der Waals surface area contributed by atoms with Crippen LogP contribution in [-0.2, 0) is 0 Å². The molecule has 1 rings (SSSR count). The van der Waals surface area contributed by atoms with Gasteiger partial charge in [0, 0.05) is 6.21 Å². The van der Waals surface area contributed by atoms with Crippen molar-refractivity contribution < 1.29 is 0 Å². The first-order chi connectivity index (χ1) is 5.70. The topological polar surface area (TPSA) is 12.4 Å². The highest BCUT2D eigenvalue weighted by Gasteiger charge is 2.17. The van der Waals surface area contributed by atoms with Crippen molar-refractivity contribution in [2.24, 2.45) is 4.99 Å². The lowest BCUT2D eigenvalue weighted by Gasteiger charge is -2.18. The highest BCUT2D eigenvalue weighted by molar-refractivity contribution is 5.73. The van der Waals surface area contributed by atoms with Gasteiger partial charge < -0.3 is 0 Å². The summed E-state index contributed by atoms with van der Waals surface area (Å²) in [5.41, 5.74) is 1.41. The van der Waals surface area contributed by atoms with Crippen LogP contribution in [0.4, 0.5) is 0 Å². The summed E-state index contributed by atoms with van der Waals surface area (Å²) in [5, 5.41) is 0. The molecule has 1 aliphatic rings. The zero-order valence-electron chi connectivity index (χ0n) is 8.17. The van der Waals surface area contributed by atoms with E-state index in [0.717, 1.165) is 12.8 Å². The maximum absolute atomic E-state index is 4.48. The van der Waals surface area contributed by atoms with Crippen LogP contribution >= 0.6 is 0 Å². The largest absolute Gasteiger partial charge is 0.283 e. The third kappa shape index (κ3) is 2.07. The normalized spacial score (nSPS) is 28.4. The minimum Gasteiger partial charge on any atom is -0.283 e. The van der Waals surface area contributed by atoms with Crippen LogP contribution in [0, 0.1) is 0 Å². The van der Waals surface area contributed by atoms with Crippen LogP contribution in [0.1, 0.15) is 33.6 Å². The predicted octanol–water partition coefficient (Wildman–Crippen LogP) is 3.13. The quantitative estimate of drug-likeness (QED) is 0.593. The fraction of sp³-hybridized carbons (Fsp3) is 0.545. The van der Waals surface area contributed by atoms with E-state index in [4.69, 9.17) is 0 Å². The van der Waals surface area contributed by atoms with Crippen molar-refractivity contribution in [3.05, 3.63) is 23.8 Å². The highest BCUT2D eigenvalue weighted by Crippen LogP contribution is 2.22. The summed E-state index contributed by atoms with van der Waals surface area (Å²) < 4.78 is 0. The second kappa shape index (κ2) is 3.70. The second-order valence-electron chi connectivity index (χ2n) is 3.42. The first-order valence-electron chi connectivity index (χ1n) is 4.64. The van der Waals surface area contributed by atoms with E-state index in [1.165, 1.54) is 5.57 Å². The van der Waals surface area contributed by atoms with Crippen molar-refractivity contribution in [2.45, 2.75) is 39.2 Å². The summed E-state index contributed by atoms with van der Waals surface area (Å²) in [6.07, 6.45) is 10.5.